The largest absolute Gasteiger partial charge is 0.481 e. The Bertz CT molecular complexity index is 444. The number of carbonyl (C=O) groups excluding carboxylic acids is 2. The van der Waals surface area contributed by atoms with Crippen LogP contribution in [0, 0.1) is 0 Å². The number of carbonyl (C=O) groups is 2. The predicted octanol–water partition coefficient (Wildman–Crippen LogP) is 2.07. The molecule has 0 N–H and O–H groups in total. The van der Waals surface area contributed by atoms with Gasteiger partial charge in [-0.2, -0.15) is 0 Å². The summed E-state index contributed by atoms with van der Waals surface area (Å²) in [5.74, 6) is -0.963. The molecule has 6 heteroatoms. The van der Waals surface area contributed by atoms with E-state index < -0.39 is 11.9 Å². The highest BCUT2D eigenvalue weighted by atomic mass is 35.5. The zero-order valence-corrected chi connectivity index (χ0v) is 10.8. The maximum Gasteiger partial charge on any atom is 0.344 e. The number of hydrogen-bond donors (Lipinski definition) is 0. The Morgan fingerprint density at radius 1 is 1.33 bits per heavy atom. The minimum absolute atomic E-state index is 0.0889. The summed E-state index contributed by atoms with van der Waals surface area (Å²) < 4.78 is 14.5. The molecule has 1 rings (SSSR count). The SMILES string of the molecule is CCOC(=O)COc1cccc(Cl)c1C(=O)OC. The molecule has 18 heavy (non-hydrogen) atoms. The summed E-state index contributed by atoms with van der Waals surface area (Å²) in [5.41, 5.74) is 0.0889. The second-order valence-corrected chi connectivity index (χ2v) is 3.61. The van der Waals surface area contributed by atoms with E-state index in [2.05, 4.69) is 4.74 Å². The highest BCUT2D eigenvalue weighted by Gasteiger charge is 2.18. The summed E-state index contributed by atoms with van der Waals surface area (Å²) >= 11 is 5.88. The van der Waals surface area contributed by atoms with Gasteiger partial charge in [-0.3, -0.25) is 0 Å². The number of benzene rings is 1. The molecular formula is C12H13ClO5. The van der Waals surface area contributed by atoms with Gasteiger partial charge in [-0.05, 0) is 19.1 Å². The lowest BCUT2D eigenvalue weighted by Crippen LogP contribution is -2.16. The second-order valence-electron chi connectivity index (χ2n) is 3.20. The van der Waals surface area contributed by atoms with Gasteiger partial charge in [0.2, 0.25) is 0 Å². The lowest BCUT2D eigenvalue weighted by atomic mass is 10.2. The van der Waals surface area contributed by atoms with Crippen molar-refractivity contribution in [2.75, 3.05) is 20.3 Å². The van der Waals surface area contributed by atoms with Crippen LogP contribution in [0.5, 0.6) is 5.75 Å². The first-order chi connectivity index (χ1) is 8.60. The lowest BCUT2D eigenvalue weighted by Gasteiger charge is -2.10. The van der Waals surface area contributed by atoms with Crippen molar-refractivity contribution in [3.05, 3.63) is 28.8 Å². The number of methoxy groups -OCH3 is 1. The van der Waals surface area contributed by atoms with Gasteiger partial charge in [0, 0.05) is 0 Å². The van der Waals surface area contributed by atoms with Crippen molar-refractivity contribution < 1.29 is 23.8 Å². The molecule has 0 heterocycles. The molecule has 0 bridgehead atoms. The highest BCUT2D eigenvalue weighted by Crippen LogP contribution is 2.27. The van der Waals surface area contributed by atoms with Crippen molar-refractivity contribution in [1.82, 2.24) is 0 Å². The molecule has 0 aromatic heterocycles. The van der Waals surface area contributed by atoms with Crippen LogP contribution < -0.4 is 4.74 Å². The fourth-order valence-corrected chi connectivity index (χ4v) is 1.51. The zero-order chi connectivity index (χ0) is 13.5. The van der Waals surface area contributed by atoms with E-state index >= 15 is 0 Å². The van der Waals surface area contributed by atoms with Gasteiger partial charge >= 0.3 is 11.9 Å². The van der Waals surface area contributed by atoms with Crippen molar-refractivity contribution in [3.63, 3.8) is 0 Å². The van der Waals surface area contributed by atoms with Gasteiger partial charge in [0.05, 0.1) is 18.7 Å². The first-order valence-corrected chi connectivity index (χ1v) is 5.63. The van der Waals surface area contributed by atoms with E-state index in [0.29, 0.717) is 0 Å². The molecule has 0 saturated carbocycles. The molecule has 5 nitrogen and oxygen atoms in total. The van der Waals surface area contributed by atoms with E-state index in [4.69, 9.17) is 21.1 Å². The number of hydrogen-bond acceptors (Lipinski definition) is 5. The summed E-state index contributed by atoms with van der Waals surface area (Å²) in [5, 5.41) is 0.197. The molecule has 1 aromatic carbocycles. The average molecular weight is 273 g/mol. The zero-order valence-electron chi connectivity index (χ0n) is 10.1. The molecule has 0 amide bonds. The summed E-state index contributed by atoms with van der Waals surface area (Å²) in [4.78, 5) is 22.7. The third-order valence-electron chi connectivity index (χ3n) is 2.02. The van der Waals surface area contributed by atoms with Gasteiger partial charge < -0.3 is 14.2 Å². The van der Waals surface area contributed by atoms with Crippen LogP contribution >= 0.6 is 11.6 Å². The monoisotopic (exact) mass is 272 g/mol. The average Bonchev–Trinajstić information content (AvgIpc) is 2.36. The first-order valence-electron chi connectivity index (χ1n) is 5.25. The van der Waals surface area contributed by atoms with E-state index in [0.717, 1.165) is 0 Å². The Hall–Kier alpha value is -1.75. The van der Waals surface area contributed by atoms with E-state index in [9.17, 15) is 9.59 Å². The second kappa shape index (κ2) is 6.86. The Balaban J connectivity index is 2.85. The quantitative estimate of drug-likeness (QED) is 0.768. The normalized spacial score (nSPS) is 9.72. The molecule has 0 aliphatic carbocycles. The third kappa shape index (κ3) is 3.63. The molecule has 0 spiro atoms. The van der Waals surface area contributed by atoms with Gasteiger partial charge in [-0.1, -0.05) is 17.7 Å². The van der Waals surface area contributed by atoms with Crippen molar-refractivity contribution in [3.8, 4) is 5.75 Å². The molecule has 0 radical (unpaired) electrons. The molecule has 0 atom stereocenters. The molecule has 0 unspecified atom stereocenters. The summed E-state index contributed by atoms with van der Waals surface area (Å²) in [6, 6.07) is 4.66. The Labute approximate surface area is 110 Å². The van der Waals surface area contributed by atoms with Crippen LogP contribution in [-0.4, -0.2) is 32.3 Å². The number of halogens is 1. The van der Waals surface area contributed by atoms with Crippen molar-refractivity contribution in [2.24, 2.45) is 0 Å². The van der Waals surface area contributed by atoms with E-state index in [1.54, 1.807) is 13.0 Å². The molecule has 0 aliphatic rings. The topological polar surface area (TPSA) is 61.8 Å². The Morgan fingerprint density at radius 2 is 2.06 bits per heavy atom. The van der Waals surface area contributed by atoms with Gasteiger partial charge in [-0.25, -0.2) is 9.59 Å². The lowest BCUT2D eigenvalue weighted by molar-refractivity contribution is -0.145. The maximum absolute atomic E-state index is 11.5. The molecule has 0 saturated heterocycles. The van der Waals surface area contributed by atoms with Crippen LogP contribution in [0.1, 0.15) is 17.3 Å². The van der Waals surface area contributed by atoms with Crippen molar-refractivity contribution >= 4 is 23.5 Å². The summed E-state index contributed by atoms with van der Waals surface area (Å²) in [6.45, 7) is 1.66. The van der Waals surface area contributed by atoms with E-state index in [-0.39, 0.29) is 29.5 Å². The Morgan fingerprint density at radius 3 is 2.67 bits per heavy atom. The number of rotatable bonds is 5. The summed E-state index contributed by atoms with van der Waals surface area (Å²) in [7, 11) is 1.24. The van der Waals surface area contributed by atoms with Gasteiger partial charge in [-0.15, -0.1) is 0 Å². The van der Waals surface area contributed by atoms with Gasteiger partial charge in [0.15, 0.2) is 6.61 Å². The van der Waals surface area contributed by atoms with Crippen LogP contribution in [-0.2, 0) is 14.3 Å². The van der Waals surface area contributed by atoms with Crippen molar-refractivity contribution in [2.45, 2.75) is 6.92 Å². The first kappa shape index (κ1) is 14.3. The fraction of sp³-hybridized carbons (Fsp3) is 0.333. The number of esters is 2. The Kier molecular flexibility index (Phi) is 5.45. The van der Waals surface area contributed by atoms with E-state index in [1.807, 2.05) is 0 Å². The molecular weight excluding hydrogens is 260 g/mol. The number of ether oxygens (including phenoxy) is 3. The van der Waals surface area contributed by atoms with Gasteiger partial charge in [0.1, 0.15) is 11.3 Å². The molecule has 0 aliphatic heterocycles. The third-order valence-corrected chi connectivity index (χ3v) is 2.33. The standard InChI is InChI=1S/C12H13ClO5/c1-3-17-10(14)7-18-9-6-4-5-8(13)11(9)12(15)16-2/h4-6H,3,7H2,1-2H3. The van der Waals surface area contributed by atoms with Gasteiger partial charge in [0.25, 0.3) is 0 Å². The highest BCUT2D eigenvalue weighted by molar-refractivity contribution is 6.34. The van der Waals surface area contributed by atoms with E-state index in [1.165, 1.54) is 19.2 Å². The van der Waals surface area contributed by atoms with Crippen molar-refractivity contribution in [1.29, 1.82) is 0 Å². The van der Waals surface area contributed by atoms with Crippen LogP contribution in [0.25, 0.3) is 0 Å². The van der Waals surface area contributed by atoms with Crippen LogP contribution in [0.2, 0.25) is 5.02 Å². The molecule has 98 valence electrons. The van der Waals surface area contributed by atoms with Crippen LogP contribution in [0.3, 0.4) is 0 Å². The smallest absolute Gasteiger partial charge is 0.344 e. The minimum atomic E-state index is -0.626. The summed E-state index contributed by atoms with van der Waals surface area (Å²) in [6.07, 6.45) is 0. The van der Waals surface area contributed by atoms with Crippen LogP contribution in [0.15, 0.2) is 18.2 Å². The molecule has 1 aromatic rings. The molecule has 0 fully saturated rings. The fourth-order valence-electron chi connectivity index (χ4n) is 1.26. The van der Waals surface area contributed by atoms with Crippen LogP contribution in [0.4, 0.5) is 0 Å². The maximum atomic E-state index is 11.5. The predicted molar refractivity (Wildman–Crippen MR) is 64.9 cm³/mol. The minimum Gasteiger partial charge on any atom is -0.481 e.